The maximum Gasteiger partial charge on any atom is 3.00 e. The van der Waals surface area contributed by atoms with Gasteiger partial charge in [0.2, 0.25) is 0 Å². The first-order valence-corrected chi connectivity index (χ1v) is 27.3. The number of aromatic carboxylic acids is 6. The monoisotopic (exact) mass is 1610 g/mol. The van der Waals surface area contributed by atoms with Crippen LogP contribution < -0.4 is 30.6 Å². The Kier molecular flexibility index (Phi) is 39.0. The topological polar surface area (TPSA) is 358 Å². The van der Waals surface area contributed by atoms with E-state index in [0.717, 1.165) is 43.6 Å². The molecule has 0 aliphatic carbocycles. The Morgan fingerprint density at radius 1 is 0.228 bits per heavy atom. The number of hydrogen-bond acceptors (Lipinski definition) is 16. The molecular formula is C66H46Cl6N4Nd2O14+2. The summed E-state index contributed by atoms with van der Waals surface area (Å²) in [6.45, 7) is 0. The van der Waals surface area contributed by atoms with Crippen molar-refractivity contribution in [2.45, 2.75) is 0 Å². The molecule has 12 aromatic rings. The molecule has 12 rings (SSSR count). The standard InChI is InChI=1S/2C12H8N2.6C7H5ClO2.2Nd.2H2O/c2*1-3-9-5-6-10-4-2-8-14-12(10)11(9)13-7-1;6*8-6-3-1-5(2-4-6)7(9)10;;;;/h2*1-8H;6*1-4H,(H,9,10);;;2*1H2/q;;;;;;;;2*+3;;/p-4. The molecule has 462 valence electrons. The number of carbonyl (C=O) groups excluding carboxylic acids is 6. The minimum Gasteiger partial charge on any atom is -0.545 e. The van der Waals surface area contributed by atoms with E-state index in [0.29, 0.717) is 30.1 Å². The van der Waals surface area contributed by atoms with Gasteiger partial charge in [0.05, 0.1) is 57.9 Å². The Balaban J connectivity index is 0.000000525. The Hall–Kier alpha value is -7.42. The van der Waals surface area contributed by atoms with Crippen molar-refractivity contribution in [1.82, 2.24) is 19.9 Å². The van der Waals surface area contributed by atoms with E-state index in [1.54, 1.807) is 24.8 Å². The zero-order chi connectivity index (χ0) is 64.1. The number of benzene rings is 8. The summed E-state index contributed by atoms with van der Waals surface area (Å²) in [5.41, 5.74) is 4.77. The van der Waals surface area contributed by atoms with Gasteiger partial charge >= 0.3 is 81.7 Å². The number of aromatic nitrogens is 4. The van der Waals surface area contributed by atoms with Gasteiger partial charge in [-0.25, -0.2) is 0 Å². The van der Waals surface area contributed by atoms with Gasteiger partial charge in [-0.1, -0.05) is 191 Å². The quantitative estimate of drug-likeness (QED) is 0.113. The van der Waals surface area contributed by atoms with E-state index >= 15 is 0 Å². The molecule has 0 aliphatic rings. The van der Waals surface area contributed by atoms with Gasteiger partial charge in [0.15, 0.2) is 0 Å². The number of fused-ring (bicyclic) bond motifs is 6. The molecular weight excluding hydrogens is 1570 g/mol. The molecule has 4 aromatic heterocycles. The molecule has 0 amide bonds. The summed E-state index contributed by atoms with van der Waals surface area (Å²) in [4.78, 5) is 78.3. The fourth-order valence-corrected chi connectivity index (χ4v) is 7.63. The van der Waals surface area contributed by atoms with Crippen LogP contribution in [0, 0.1) is 81.7 Å². The molecule has 0 bridgehead atoms. The normalized spacial score (nSPS) is 9.37. The van der Waals surface area contributed by atoms with Crippen molar-refractivity contribution in [3.8, 4) is 0 Å². The van der Waals surface area contributed by atoms with E-state index in [4.69, 9.17) is 69.6 Å². The Bertz CT molecular complexity index is 3650. The van der Waals surface area contributed by atoms with Crippen LogP contribution in [0.4, 0.5) is 0 Å². The van der Waals surface area contributed by atoms with Gasteiger partial charge in [-0.15, -0.1) is 0 Å². The predicted octanol–water partition coefficient (Wildman–Crippen LogP) is 7.94. The number of hydrogen-bond donors (Lipinski definition) is 0. The molecule has 92 heavy (non-hydrogen) atoms. The van der Waals surface area contributed by atoms with Gasteiger partial charge in [-0.3, -0.25) is 19.9 Å². The Morgan fingerprint density at radius 2 is 0.359 bits per heavy atom. The summed E-state index contributed by atoms with van der Waals surface area (Å²) >= 11 is 33.0. The number of carboxylic acids is 6. The minimum atomic E-state index is -1.18. The summed E-state index contributed by atoms with van der Waals surface area (Å²) in [5.74, 6) is -7.10. The first-order chi connectivity index (χ1) is 42.1. The van der Waals surface area contributed by atoms with Gasteiger partial charge in [0.25, 0.3) is 0 Å². The molecule has 0 fully saturated rings. The average Bonchev–Trinajstić information content (AvgIpc) is 0.845. The van der Waals surface area contributed by atoms with Crippen molar-refractivity contribution in [2.24, 2.45) is 0 Å². The van der Waals surface area contributed by atoms with Gasteiger partial charge in [0.1, 0.15) is 0 Å². The zero-order valence-corrected chi connectivity index (χ0v) is 58.2. The molecule has 2 radical (unpaired) electrons. The van der Waals surface area contributed by atoms with Crippen molar-refractivity contribution < 1.29 is 152 Å². The number of pyridine rings is 4. The molecule has 4 heterocycles. The van der Waals surface area contributed by atoms with Crippen LogP contribution in [0.25, 0.3) is 43.6 Å². The number of carbonyl (C=O) groups is 6. The minimum absolute atomic E-state index is 0. The van der Waals surface area contributed by atoms with Crippen LogP contribution in [0.3, 0.4) is 0 Å². The molecule has 26 heteroatoms. The molecule has 0 atom stereocenters. The predicted molar refractivity (Wildman–Crippen MR) is 339 cm³/mol. The van der Waals surface area contributed by atoms with E-state index in [9.17, 15) is 59.4 Å². The van der Waals surface area contributed by atoms with Crippen LogP contribution in [0.15, 0.2) is 243 Å². The van der Waals surface area contributed by atoms with Crippen LogP contribution >= 0.6 is 69.6 Å². The number of nitrogens with zero attached hydrogens (tertiary/aromatic N) is 4. The summed E-state index contributed by atoms with van der Waals surface area (Å²) in [6.07, 6.45) is 7.21. The van der Waals surface area contributed by atoms with Gasteiger partial charge in [-0.2, -0.15) is 0 Å². The van der Waals surface area contributed by atoms with E-state index < -0.39 is 35.8 Å². The Labute approximate surface area is 620 Å². The zero-order valence-electron chi connectivity index (χ0n) is 47.2. The first kappa shape index (κ1) is 82.6. The number of rotatable bonds is 6. The van der Waals surface area contributed by atoms with Crippen LogP contribution in [0.1, 0.15) is 62.1 Å². The smallest absolute Gasteiger partial charge is 0.545 e. The summed E-state index contributed by atoms with van der Waals surface area (Å²) in [7, 11) is 0. The fraction of sp³-hybridized carbons (Fsp3) is 0. The van der Waals surface area contributed by atoms with Crippen molar-refractivity contribution in [3.05, 3.63) is 307 Å². The maximum atomic E-state index is 10.2. The summed E-state index contributed by atoms with van der Waals surface area (Å²) in [6, 6.07) is 59.2. The fourth-order valence-electron chi connectivity index (χ4n) is 6.88. The summed E-state index contributed by atoms with van der Waals surface area (Å²) in [5, 5.41) is 68.6. The molecule has 18 nitrogen and oxygen atoms in total. The van der Waals surface area contributed by atoms with Crippen LogP contribution in [-0.4, -0.2) is 55.8 Å². The second-order valence-electron chi connectivity index (χ2n) is 17.2. The van der Waals surface area contributed by atoms with E-state index in [1.165, 1.54) is 146 Å². The molecule has 6 N–H and O–H groups in total. The average molecular weight is 1620 g/mol. The second-order valence-corrected chi connectivity index (χ2v) is 19.8. The molecule has 0 unspecified atom stereocenters. The number of carboxylic acid groups (broad SMARTS) is 6. The Morgan fingerprint density at radius 3 is 0.478 bits per heavy atom. The molecule has 0 spiro atoms. The summed E-state index contributed by atoms with van der Waals surface area (Å²) < 4.78 is 0. The van der Waals surface area contributed by atoms with Crippen molar-refractivity contribution in [2.75, 3.05) is 0 Å². The molecule has 0 saturated heterocycles. The van der Waals surface area contributed by atoms with Crippen molar-refractivity contribution >= 4 is 149 Å². The van der Waals surface area contributed by atoms with Crippen molar-refractivity contribution in [3.63, 3.8) is 0 Å². The van der Waals surface area contributed by atoms with Gasteiger partial charge < -0.3 is 70.4 Å². The first-order valence-electron chi connectivity index (χ1n) is 25.1. The van der Waals surface area contributed by atoms with E-state index in [-0.39, 0.29) is 126 Å². The van der Waals surface area contributed by atoms with E-state index in [1.807, 2.05) is 24.3 Å². The molecule has 0 aliphatic heterocycles. The molecule has 8 aromatic carbocycles. The van der Waals surface area contributed by atoms with Crippen LogP contribution in [0.5, 0.6) is 0 Å². The third kappa shape index (κ3) is 28.6. The van der Waals surface area contributed by atoms with Crippen LogP contribution in [-0.2, 0) is 11.0 Å². The van der Waals surface area contributed by atoms with Gasteiger partial charge in [0, 0.05) is 76.5 Å². The molecule has 0 saturated carbocycles. The SMILES string of the molecule is O=C([O-])c1ccc(Cl)cc1.O=C([O-])c1ccc(Cl)cc1.O=C([O-])c1ccc(Cl)cc1.O=C([O-])c1ccc(Cl)cc1.O=C([O-])c1ccc(Cl)cc1.O=C([O-])c1ccc(Cl)cc1.[Nd+3].[Nd+3].[OH3+].[OH3+].c1cnc2c(c1)ccc1cccnc12.c1cnc2c(c1)ccc1cccnc12. The third-order valence-electron chi connectivity index (χ3n) is 11.2. The second kappa shape index (κ2) is 43.4. The largest absolute Gasteiger partial charge is 3.00 e. The van der Waals surface area contributed by atoms with E-state index in [2.05, 4.69) is 68.5 Å². The number of halogens is 6. The van der Waals surface area contributed by atoms with Crippen molar-refractivity contribution in [1.29, 1.82) is 0 Å². The van der Waals surface area contributed by atoms with Gasteiger partial charge in [-0.05, 0) is 130 Å². The third-order valence-corrected chi connectivity index (χ3v) is 12.7. The van der Waals surface area contributed by atoms with Crippen LogP contribution in [0.2, 0.25) is 30.1 Å². The maximum absolute atomic E-state index is 10.2.